The van der Waals surface area contributed by atoms with Gasteiger partial charge in [-0.2, -0.15) is 0 Å². The van der Waals surface area contributed by atoms with Crippen LogP contribution in [0.5, 0.6) is 0 Å². The molecule has 1 aliphatic rings. The zero-order chi connectivity index (χ0) is 8.48. The maximum atomic E-state index is 2.40. The van der Waals surface area contributed by atoms with Crippen LogP contribution in [0.15, 0.2) is 0 Å². The van der Waals surface area contributed by atoms with Gasteiger partial charge in [0.1, 0.15) is 0 Å². The minimum absolute atomic E-state index is 0. The molecule has 0 radical (unpaired) electrons. The summed E-state index contributed by atoms with van der Waals surface area (Å²) in [5.74, 6) is 1.87. The molecule has 0 aromatic carbocycles. The van der Waals surface area contributed by atoms with Gasteiger partial charge in [-0.25, -0.2) is 0 Å². The summed E-state index contributed by atoms with van der Waals surface area (Å²) in [7, 11) is 2.40. The molecule has 2 atom stereocenters. The van der Waals surface area contributed by atoms with Gasteiger partial charge < -0.3 is 9.96 Å². The molecular formula is C10H23NO. The summed E-state index contributed by atoms with van der Waals surface area (Å²) in [4.78, 5) is 0. The van der Waals surface area contributed by atoms with Gasteiger partial charge in [0.15, 0.2) is 0 Å². The van der Waals surface area contributed by atoms with Gasteiger partial charge >= 0.3 is 0 Å². The second-order valence-corrected chi connectivity index (χ2v) is 4.75. The first kappa shape index (κ1) is 11.9. The first-order chi connectivity index (χ1) is 5.06. The van der Waals surface area contributed by atoms with Gasteiger partial charge in [-0.05, 0) is 13.3 Å². The van der Waals surface area contributed by atoms with Crippen LogP contribution in [-0.4, -0.2) is 36.6 Å². The molecule has 0 saturated carbocycles. The summed E-state index contributed by atoms with van der Waals surface area (Å²) in [5, 5.41) is 0. The minimum atomic E-state index is 0. The fourth-order valence-corrected chi connectivity index (χ4v) is 2.67. The van der Waals surface area contributed by atoms with Crippen molar-refractivity contribution in [3.63, 3.8) is 0 Å². The van der Waals surface area contributed by atoms with Crippen LogP contribution in [-0.2, 0) is 0 Å². The molecular weight excluding hydrogens is 150 g/mol. The molecule has 2 heteroatoms. The second kappa shape index (κ2) is 4.24. The Labute approximate surface area is 76.5 Å². The Bertz CT molecular complexity index is 126. The van der Waals surface area contributed by atoms with Gasteiger partial charge in [0.25, 0.3) is 0 Å². The summed E-state index contributed by atoms with van der Waals surface area (Å²) in [5.41, 5.74) is 0. The van der Waals surface area contributed by atoms with Crippen molar-refractivity contribution < 1.29 is 9.96 Å². The summed E-state index contributed by atoms with van der Waals surface area (Å²) in [6.07, 6.45) is 1.44. The van der Waals surface area contributed by atoms with Gasteiger partial charge in [-0.15, -0.1) is 0 Å². The predicted molar refractivity (Wildman–Crippen MR) is 51.3 cm³/mol. The number of nitrogens with zero attached hydrogens (tertiary/aromatic N) is 1. The maximum absolute atomic E-state index is 2.40. The molecule has 2 nitrogen and oxygen atoms in total. The molecule has 74 valence electrons. The Balaban J connectivity index is 0.00000121. The average molecular weight is 173 g/mol. The molecule has 1 aliphatic heterocycles. The quantitative estimate of drug-likeness (QED) is 0.557. The van der Waals surface area contributed by atoms with E-state index in [1.165, 1.54) is 30.5 Å². The van der Waals surface area contributed by atoms with Gasteiger partial charge in [0, 0.05) is 11.8 Å². The van der Waals surface area contributed by atoms with Crippen LogP contribution >= 0.6 is 0 Å². The average Bonchev–Trinajstić information content (AvgIpc) is 1.84. The normalized spacial score (nSPS) is 42.0. The van der Waals surface area contributed by atoms with E-state index >= 15 is 0 Å². The summed E-state index contributed by atoms with van der Waals surface area (Å²) in [6, 6.07) is 0. The number of hydrogen-bond acceptors (Lipinski definition) is 1. The lowest BCUT2D eigenvalue weighted by Gasteiger charge is -2.42. The van der Waals surface area contributed by atoms with Crippen molar-refractivity contribution in [1.29, 1.82) is 0 Å². The molecule has 0 aromatic heterocycles. The van der Waals surface area contributed by atoms with Crippen LogP contribution in [0.4, 0.5) is 0 Å². The lowest BCUT2D eigenvalue weighted by Crippen LogP contribution is -2.52. The van der Waals surface area contributed by atoms with Crippen LogP contribution in [0, 0.1) is 11.8 Å². The van der Waals surface area contributed by atoms with E-state index < -0.39 is 0 Å². The van der Waals surface area contributed by atoms with Crippen molar-refractivity contribution in [3.05, 3.63) is 0 Å². The van der Waals surface area contributed by atoms with E-state index in [2.05, 4.69) is 27.8 Å². The Morgan fingerprint density at radius 2 is 1.58 bits per heavy atom. The molecule has 0 aromatic rings. The summed E-state index contributed by atoms with van der Waals surface area (Å²) in [6.45, 7) is 11.2. The number of likely N-dealkylation sites (tertiary alicyclic amines) is 1. The molecule has 0 aliphatic carbocycles. The van der Waals surface area contributed by atoms with E-state index in [0.717, 1.165) is 11.8 Å². The Morgan fingerprint density at radius 3 is 1.92 bits per heavy atom. The third-order valence-corrected chi connectivity index (χ3v) is 3.07. The number of quaternary nitrogens is 1. The molecule has 12 heavy (non-hydrogen) atoms. The zero-order valence-electron chi connectivity index (χ0n) is 8.88. The standard InChI is InChI=1S/C10H22N.H2O/c1-5-11(4)7-9(2)6-10(3)8-11;/h9-10H,5-8H2,1-4H3;1H2/q+1;/p-1. The minimum Gasteiger partial charge on any atom is -0.870 e. The Morgan fingerprint density at radius 1 is 1.17 bits per heavy atom. The topological polar surface area (TPSA) is 30.0 Å². The van der Waals surface area contributed by atoms with E-state index in [4.69, 9.17) is 0 Å². The number of rotatable bonds is 1. The molecule has 1 saturated heterocycles. The fraction of sp³-hybridized carbons (Fsp3) is 1.00. The van der Waals surface area contributed by atoms with Gasteiger partial charge in [0.2, 0.25) is 0 Å². The monoisotopic (exact) mass is 173 g/mol. The van der Waals surface area contributed by atoms with E-state index in [9.17, 15) is 0 Å². The zero-order valence-corrected chi connectivity index (χ0v) is 8.88. The number of hydrogen-bond donors (Lipinski definition) is 0. The van der Waals surface area contributed by atoms with Crippen LogP contribution in [0.25, 0.3) is 0 Å². The van der Waals surface area contributed by atoms with E-state index in [-0.39, 0.29) is 5.48 Å². The molecule has 0 amide bonds. The highest BCUT2D eigenvalue weighted by Gasteiger charge is 2.31. The van der Waals surface area contributed by atoms with Crippen molar-refractivity contribution in [1.82, 2.24) is 0 Å². The lowest BCUT2D eigenvalue weighted by molar-refractivity contribution is -0.919. The lowest BCUT2D eigenvalue weighted by atomic mass is 9.90. The van der Waals surface area contributed by atoms with Gasteiger partial charge in [-0.1, -0.05) is 13.8 Å². The van der Waals surface area contributed by atoms with Crippen LogP contribution in [0.1, 0.15) is 27.2 Å². The molecule has 1 rings (SSSR count). The third kappa shape index (κ3) is 2.76. The maximum Gasteiger partial charge on any atom is 0.0810 e. The van der Waals surface area contributed by atoms with Crippen LogP contribution < -0.4 is 0 Å². The molecule has 1 N–H and O–H groups in total. The summed E-state index contributed by atoms with van der Waals surface area (Å²) >= 11 is 0. The third-order valence-electron chi connectivity index (χ3n) is 3.07. The van der Waals surface area contributed by atoms with Crippen LogP contribution in [0.3, 0.4) is 0 Å². The Hall–Kier alpha value is -0.0800. The second-order valence-electron chi connectivity index (χ2n) is 4.75. The molecule has 1 fully saturated rings. The highest BCUT2D eigenvalue weighted by molar-refractivity contribution is 4.64. The van der Waals surface area contributed by atoms with E-state index in [1.807, 2.05) is 0 Å². The van der Waals surface area contributed by atoms with Crippen molar-refractivity contribution >= 4 is 0 Å². The molecule has 0 bridgehead atoms. The molecule has 0 spiro atoms. The highest BCUT2D eigenvalue weighted by Crippen LogP contribution is 2.25. The smallest absolute Gasteiger partial charge is 0.0810 e. The van der Waals surface area contributed by atoms with Crippen molar-refractivity contribution in [3.8, 4) is 0 Å². The predicted octanol–water partition coefficient (Wildman–Crippen LogP) is 1.95. The fourth-order valence-electron chi connectivity index (χ4n) is 2.67. The highest BCUT2D eigenvalue weighted by atomic mass is 16.0. The molecule has 2 unspecified atom stereocenters. The first-order valence-corrected chi connectivity index (χ1v) is 4.89. The SMILES string of the molecule is CC[N+]1(C)CC(C)CC(C)C1.[OH-]. The molecule has 1 heterocycles. The van der Waals surface area contributed by atoms with E-state index in [0.29, 0.717) is 0 Å². The van der Waals surface area contributed by atoms with Gasteiger partial charge in [-0.3, -0.25) is 0 Å². The van der Waals surface area contributed by atoms with Crippen molar-refractivity contribution in [2.75, 3.05) is 26.7 Å². The van der Waals surface area contributed by atoms with Crippen molar-refractivity contribution in [2.45, 2.75) is 27.2 Å². The largest absolute Gasteiger partial charge is 0.870 e. The van der Waals surface area contributed by atoms with Crippen molar-refractivity contribution in [2.24, 2.45) is 11.8 Å². The summed E-state index contributed by atoms with van der Waals surface area (Å²) < 4.78 is 1.29. The first-order valence-electron chi connectivity index (χ1n) is 4.89. The van der Waals surface area contributed by atoms with E-state index in [1.54, 1.807) is 0 Å². The van der Waals surface area contributed by atoms with Crippen LogP contribution in [0.2, 0.25) is 0 Å². The Kier molecular flexibility index (Phi) is 4.21. The number of piperidine rings is 1. The van der Waals surface area contributed by atoms with Gasteiger partial charge in [0.05, 0.1) is 26.7 Å².